The molecular weight excluding hydrogens is 378 g/mol. The molecule has 29 heavy (non-hydrogen) atoms. The lowest BCUT2D eigenvalue weighted by molar-refractivity contribution is 0.0526. The number of nitrogens with one attached hydrogen (secondary N) is 1. The predicted octanol–water partition coefficient (Wildman–Crippen LogP) is 3.54. The van der Waals surface area contributed by atoms with Gasteiger partial charge < -0.3 is 29.0 Å². The van der Waals surface area contributed by atoms with E-state index in [1.54, 1.807) is 31.2 Å². The highest BCUT2D eigenvalue weighted by Gasteiger charge is 2.19. The molecule has 0 aromatic heterocycles. The van der Waals surface area contributed by atoms with Crippen LogP contribution in [0.15, 0.2) is 30.3 Å². The Morgan fingerprint density at radius 3 is 1.97 bits per heavy atom. The highest BCUT2D eigenvalue weighted by atomic mass is 16.5. The molecule has 0 aliphatic carbocycles. The van der Waals surface area contributed by atoms with Crippen molar-refractivity contribution < 1.29 is 33.3 Å². The minimum absolute atomic E-state index is 0.266. The summed E-state index contributed by atoms with van der Waals surface area (Å²) >= 11 is 0. The van der Waals surface area contributed by atoms with Crippen LogP contribution in [0.5, 0.6) is 23.0 Å². The van der Waals surface area contributed by atoms with E-state index in [1.165, 1.54) is 27.4 Å². The summed E-state index contributed by atoms with van der Waals surface area (Å²) in [5, 5.41) is 2.78. The second kappa shape index (κ2) is 10.2. The van der Waals surface area contributed by atoms with Gasteiger partial charge in [0.2, 0.25) is 5.75 Å². The van der Waals surface area contributed by atoms with E-state index in [0.29, 0.717) is 46.4 Å². The molecule has 0 saturated carbocycles. The summed E-state index contributed by atoms with van der Waals surface area (Å²) in [5.74, 6) is 0.601. The fraction of sp³-hybridized carbons (Fsp3) is 0.333. The molecule has 0 unspecified atom stereocenters. The van der Waals surface area contributed by atoms with Gasteiger partial charge in [0.15, 0.2) is 11.5 Å². The first-order valence-corrected chi connectivity index (χ1v) is 9.04. The Hall–Kier alpha value is -3.42. The number of hydrogen-bond acceptors (Lipinski definition) is 7. The molecule has 0 bridgehead atoms. The Morgan fingerprint density at radius 2 is 1.45 bits per heavy atom. The van der Waals surface area contributed by atoms with Crippen molar-refractivity contribution in [3.8, 4) is 23.0 Å². The van der Waals surface area contributed by atoms with Crippen LogP contribution < -0.4 is 24.3 Å². The van der Waals surface area contributed by atoms with Crippen LogP contribution in [0.25, 0.3) is 0 Å². The number of carbonyl (C=O) groups excluding carboxylic acids is 2. The number of carbonyl (C=O) groups is 2. The van der Waals surface area contributed by atoms with Gasteiger partial charge in [0.05, 0.1) is 45.8 Å². The van der Waals surface area contributed by atoms with Crippen molar-refractivity contribution in [2.45, 2.75) is 13.8 Å². The van der Waals surface area contributed by atoms with E-state index in [0.717, 1.165) is 0 Å². The zero-order chi connectivity index (χ0) is 21.4. The van der Waals surface area contributed by atoms with Crippen molar-refractivity contribution in [2.24, 2.45) is 0 Å². The highest BCUT2D eigenvalue weighted by molar-refractivity contribution is 6.06. The molecule has 0 fully saturated rings. The zero-order valence-electron chi connectivity index (χ0n) is 17.2. The van der Waals surface area contributed by atoms with Gasteiger partial charge in [-0.3, -0.25) is 4.79 Å². The van der Waals surface area contributed by atoms with E-state index in [-0.39, 0.29) is 6.61 Å². The van der Waals surface area contributed by atoms with Crippen LogP contribution in [-0.4, -0.2) is 46.4 Å². The van der Waals surface area contributed by atoms with Crippen LogP contribution in [0.1, 0.15) is 34.6 Å². The third-order valence-electron chi connectivity index (χ3n) is 3.97. The SMILES string of the molecule is CCOC(=O)c1ccc(NC(=O)c2cc(OC)c(OC)c(OC)c2)c(OCC)c1. The van der Waals surface area contributed by atoms with Crippen molar-refractivity contribution in [3.05, 3.63) is 41.5 Å². The fourth-order valence-electron chi connectivity index (χ4n) is 2.65. The minimum Gasteiger partial charge on any atom is -0.493 e. The van der Waals surface area contributed by atoms with E-state index < -0.39 is 11.9 Å². The number of ether oxygens (including phenoxy) is 5. The summed E-state index contributed by atoms with van der Waals surface area (Å²) in [7, 11) is 4.43. The van der Waals surface area contributed by atoms with Gasteiger partial charge in [-0.2, -0.15) is 0 Å². The van der Waals surface area contributed by atoms with Crippen molar-refractivity contribution in [3.63, 3.8) is 0 Å². The van der Waals surface area contributed by atoms with E-state index in [1.807, 2.05) is 6.92 Å². The maximum absolute atomic E-state index is 12.8. The molecule has 8 heteroatoms. The average Bonchev–Trinajstić information content (AvgIpc) is 2.73. The number of amides is 1. The zero-order valence-corrected chi connectivity index (χ0v) is 17.2. The van der Waals surface area contributed by atoms with Crippen molar-refractivity contribution in [2.75, 3.05) is 39.9 Å². The minimum atomic E-state index is -0.462. The molecule has 156 valence electrons. The largest absolute Gasteiger partial charge is 0.493 e. The van der Waals surface area contributed by atoms with Crippen molar-refractivity contribution >= 4 is 17.6 Å². The second-order valence-corrected chi connectivity index (χ2v) is 5.73. The van der Waals surface area contributed by atoms with Gasteiger partial charge in [-0.1, -0.05) is 0 Å². The number of benzene rings is 2. The van der Waals surface area contributed by atoms with E-state index in [2.05, 4.69) is 5.32 Å². The van der Waals surface area contributed by atoms with E-state index >= 15 is 0 Å². The first-order valence-electron chi connectivity index (χ1n) is 9.04. The first kappa shape index (κ1) is 21.9. The molecule has 2 rings (SSSR count). The average molecular weight is 403 g/mol. The second-order valence-electron chi connectivity index (χ2n) is 5.73. The van der Waals surface area contributed by atoms with Gasteiger partial charge in [-0.15, -0.1) is 0 Å². The van der Waals surface area contributed by atoms with Gasteiger partial charge in [-0.25, -0.2) is 4.79 Å². The van der Waals surface area contributed by atoms with Crippen LogP contribution in [0.4, 0.5) is 5.69 Å². The van der Waals surface area contributed by atoms with Crippen molar-refractivity contribution in [1.82, 2.24) is 0 Å². The maximum Gasteiger partial charge on any atom is 0.338 e. The Bertz CT molecular complexity index is 854. The fourth-order valence-corrected chi connectivity index (χ4v) is 2.65. The van der Waals surface area contributed by atoms with Gasteiger partial charge in [-0.05, 0) is 44.2 Å². The molecule has 1 N–H and O–H groups in total. The van der Waals surface area contributed by atoms with Gasteiger partial charge in [0.25, 0.3) is 5.91 Å². The van der Waals surface area contributed by atoms with Gasteiger partial charge >= 0.3 is 5.97 Å². The van der Waals surface area contributed by atoms with E-state index in [4.69, 9.17) is 23.7 Å². The molecule has 0 radical (unpaired) electrons. The summed E-state index contributed by atoms with van der Waals surface area (Å²) in [6.07, 6.45) is 0. The normalized spacial score (nSPS) is 10.1. The quantitative estimate of drug-likeness (QED) is 0.640. The lowest BCUT2D eigenvalue weighted by Gasteiger charge is -2.15. The Balaban J connectivity index is 2.35. The molecule has 8 nitrogen and oxygen atoms in total. The van der Waals surface area contributed by atoms with Crippen LogP contribution in [-0.2, 0) is 4.74 Å². The monoisotopic (exact) mass is 403 g/mol. The Labute approximate surface area is 169 Å². The molecule has 0 atom stereocenters. The maximum atomic E-state index is 12.8. The van der Waals surface area contributed by atoms with Gasteiger partial charge in [0.1, 0.15) is 5.75 Å². The van der Waals surface area contributed by atoms with Crippen LogP contribution in [0.2, 0.25) is 0 Å². The van der Waals surface area contributed by atoms with Crippen LogP contribution in [0.3, 0.4) is 0 Å². The number of anilines is 1. The lowest BCUT2D eigenvalue weighted by Crippen LogP contribution is -2.14. The van der Waals surface area contributed by atoms with E-state index in [9.17, 15) is 9.59 Å². The predicted molar refractivity (Wildman–Crippen MR) is 108 cm³/mol. The molecule has 2 aromatic carbocycles. The number of methoxy groups -OCH3 is 3. The topological polar surface area (TPSA) is 92.3 Å². The van der Waals surface area contributed by atoms with Crippen molar-refractivity contribution in [1.29, 1.82) is 0 Å². The third-order valence-corrected chi connectivity index (χ3v) is 3.97. The van der Waals surface area contributed by atoms with Crippen LogP contribution >= 0.6 is 0 Å². The number of rotatable bonds is 9. The summed E-state index contributed by atoms with van der Waals surface area (Å²) < 4.78 is 26.4. The summed E-state index contributed by atoms with van der Waals surface area (Å²) in [4.78, 5) is 24.8. The Kier molecular flexibility index (Phi) is 7.70. The summed E-state index contributed by atoms with van der Waals surface area (Å²) in [6.45, 7) is 4.16. The first-order chi connectivity index (χ1) is 14.0. The summed E-state index contributed by atoms with van der Waals surface area (Å²) in [6, 6.07) is 7.78. The highest BCUT2D eigenvalue weighted by Crippen LogP contribution is 2.38. The standard InChI is InChI=1S/C21H25NO7/c1-6-28-16-10-13(21(24)29-7-2)8-9-15(16)22-20(23)14-11-17(25-3)19(27-5)18(12-14)26-4/h8-12H,6-7H2,1-5H3,(H,22,23). The van der Waals surface area contributed by atoms with Crippen LogP contribution in [0, 0.1) is 0 Å². The Morgan fingerprint density at radius 1 is 0.828 bits per heavy atom. The number of esters is 1. The molecular formula is C21H25NO7. The molecule has 0 aliphatic rings. The smallest absolute Gasteiger partial charge is 0.338 e. The molecule has 0 saturated heterocycles. The molecule has 2 aromatic rings. The summed E-state index contributed by atoms with van der Waals surface area (Å²) in [5.41, 5.74) is 1.05. The molecule has 0 heterocycles. The van der Waals surface area contributed by atoms with Gasteiger partial charge in [0, 0.05) is 5.56 Å². The molecule has 1 amide bonds. The molecule has 0 spiro atoms. The number of hydrogen-bond donors (Lipinski definition) is 1. The molecule has 0 aliphatic heterocycles. The third kappa shape index (κ3) is 5.10. The lowest BCUT2D eigenvalue weighted by atomic mass is 10.1.